The van der Waals surface area contributed by atoms with Crippen molar-refractivity contribution in [2.45, 2.75) is 6.54 Å². The Kier molecular flexibility index (Phi) is 6.49. The number of amides is 1. The summed E-state index contributed by atoms with van der Waals surface area (Å²) < 4.78 is 1.28. The third kappa shape index (κ3) is 4.35. The van der Waals surface area contributed by atoms with E-state index in [2.05, 4.69) is 16.2 Å². The Hall–Kier alpha value is -2.00. The van der Waals surface area contributed by atoms with E-state index in [0.29, 0.717) is 16.1 Å². The number of pyridine rings is 1. The molecule has 0 aliphatic heterocycles. The largest absolute Gasteiger partial charge is 3.00 e. The van der Waals surface area contributed by atoms with E-state index in [1.165, 1.54) is 16.8 Å². The molecule has 1 N–H and O–H groups in total. The zero-order chi connectivity index (χ0) is 17.1. The number of nitrogens with one attached hydrogen (secondary N) is 1. The molecule has 0 saturated heterocycles. The smallest absolute Gasteiger partial charge is 0.366 e. The van der Waals surface area contributed by atoms with E-state index in [-0.39, 0.29) is 44.9 Å². The second kappa shape index (κ2) is 8.40. The minimum Gasteiger partial charge on any atom is -0.366 e. The second-order valence-corrected chi connectivity index (χ2v) is 5.50. The summed E-state index contributed by atoms with van der Waals surface area (Å²) in [5.74, 6) is 1.64. The number of rotatable bonds is 3. The van der Waals surface area contributed by atoms with Gasteiger partial charge in [0.25, 0.3) is 11.5 Å². The third-order valence-corrected chi connectivity index (χ3v) is 3.71. The molecule has 2 heterocycles. The Balaban J connectivity index is 0.00000225. The number of benzene rings is 1. The number of carbonyl (C=O) groups is 1. The van der Waals surface area contributed by atoms with Crippen LogP contribution in [0.15, 0.2) is 53.6 Å². The number of hydrogen-bond donors (Lipinski definition) is 1. The maximum atomic E-state index is 12.4. The Morgan fingerprint density at radius 3 is 2.64 bits per heavy atom. The molecule has 0 atom stereocenters. The first-order chi connectivity index (χ1) is 11.6. The first-order valence-corrected chi connectivity index (χ1v) is 7.43. The molecular formula is C18H11ClN3O2Y+2. The summed E-state index contributed by atoms with van der Waals surface area (Å²) in [4.78, 5) is 28.6. The van der Waals surface area contributed by atoms with E-state index in [1.807, 2.05) is 0 Å². The molecule has 0 aliphatic carbocycles. The van der Waals surface area contributed by atoms with Gasteiger partial charge in [0.15, 0.2) is 5.69 Å². The minimum atomic E-state index is -0.561. The van der Waals surface area contributed by atoms with Gasteiger partial charge in [-0.2, -0.15) is 0 Å². The molecular weight excluding hydrogens is 415 g/mol. The van der Waals surface area contributed by atoms with Crippen molar-refractivity contribution in [3.63, 3.8) is 0 Å². The normalized spacial score (nSPS) is 9.92. The van der Waals surface area contributed by atoms with Crippen molar-refractivity contribution in [1.82, 2.24) is 14.7 Å². The standard InChI is InChI=1S/C18H11ClN3O2.Y/c1-2-12-5-8-15-10-20-16(18(24)22(15)11-12)17(23)21-9-13-3-6-14(19)7-4-13;/h3-8,10-11H,9H2,(H,21,23);/q-1;+3. The number of carbonyl (C=O) groups excluding carboxylic acids is 1. The van der Waals surface area contributed by atoms with Gasteiger partial charge in [-0.3, -0.25) is 19.9 Å². The summed E-state index contributed by atoms with van der Waals surface area (Å²) in [5.41, 5.74) is 1.08. The van der Waals surface area contributed by atoms with Crippen LogP contribution in [0.4, 0.5) is 0 Å². The van der Waals surface area contributed by atoms with Crippen molar-refractivity contribution in [3.8, 4) is 5.92 Å². The molecule has 25 heavy (non-hydrogen) atoms. The Labute approximate surface area is 174 Å². The van der Waals surface area contributed by atoms with E-state index < -0.39 is 11.5 Å². The van der Waals surface area contributed by atoms with Crippen LogP contribution in [0, 0.1) is 12.3 Å². The molecule has 2 aromatic heterocycles. The van der Waals surface area contributed by atoms with Crippen molar-refractivity contribution >= 4 is 23.0 Å². The van der Waals surface area contributed by atoms with Gasteiger partial charge in [-0.15, -0.1) is 11.6 Å². The molecule has 0 unspecified atom stereocenters. The number of hydrogen-bond acceptors (Lipinski definition) is 3. The van der Waals surface area contributed by atoms with Crippen LogP contribution < -0.4 is 10.9 Å². The van der Waals surface area contributed by atoms with Crippen molar-refractivity contribution in [2.75, 3.05) is 0 Å². The third-order valence-electron chi connectivity index (χ3n) is 3.45. The Bertz CT molecular complexity index is 1020. The number of nitrogens with zero attached hydrogens (tertiary/aromatic N) is 2. The van der Waals surface area contributed by atoms with Crippen molar-refractivity contribution in [1.29, 1.82) is 0 Å². The van der Waals surface area contributed by atoms with E-state index in [9.17, 15) is 9.59 Å². The molecule has 1 amide bonds. The van der Waals surface area contributed by atoms with Gasteiger partial charge < -0.3 is 11.7 Å². The van der Waals surface area contributed by atoms with E-state index in [0.717, 1.165) is 5.56 Å². The van der Waals surface area contributed by atoms with Gasteiger partial charge in [0.2, 0.25) is 0 Å². The van der Waals surface area contributed by atoms with Crippen LogP contribution in [0.25, 0.3) is 5.52 Å². The predicted molar refractivity (Wildman–Crippen MR) is 90.3 cm³/mol. The SMILES string of the molecule is [C-]#Cc1ccc2cnc(C(=O)NCc3ccc(Cl)cc3)c(=O)n2c1.[Y+3]. The summed E-state index contributed by atoms with van der Waals surface area (Å²) in [6.45, 7) is 0.258. The average molecular weight is 426 g/mol. The van der Waals surface area contributed by atoms with Gasteiger partial charge >= 0.3 is 32.7 Å². The summed E-state index contributed by atoms with van der Waals surface area (Å²) in [7, 11) is 0. The Morgan fingerprint density at radius 1 is 1.24 bits per heavy atom. The number of aromatic nitrogens is 2. The van der Waals surface area contributed by atoms with Gasteiger partial charge in [-0.05, 0) is 17.7 Å². The van der Waals surface area contributed by atoms with Crippen LogP contribution >= 0.6 is 11.6 Å². The molecule has 0 bridgehead atoms. The molecule has 3 rings (SSSR count). The first kappa shape index (κ1) is 19.3. The molecule has 0 aliphatic rings. The summed E-state index contributed by atoms with van der Waals surface area (Å²) in [5, 5.41) is 3.27. The zero-order valence-corrected chi connectivity index (χ0v) is 16.6. The van der Waals surface area contributed by atoms with Crippen LogP contribution in [0.5, 0.6) is 0 Å². The molecule has 0 saturated carbocycles. The second-order valence-electron chi connectivity index (χ2n) is 5.06. The van der Waals surface area contributed by atoms with Crippen LogP contribution in [-0.4, -0.2) is 15.3 Å². The average Bonchev–Trinajstić information content (AvgIpc) is 2.61. The quantitative estimate of drug-likeness (QED) is 0.517. The fraction of sp³-hybridized carbons (Fsp3) is 0.0556. The number of halogens is 1. The van der Waals surface area contributed by atoms with E-state index >= 15 is 0 Å². The van der Waals surface area contributed by atoms with Crippen LogP contribution in [-0.2, 0) is 39.3 Å². The summed E-state index contributed by atoms with van der Waals surface area (Å²) in [6.07, 6.45) is 10.0. The van der Waals surface area contributed by atoms with Crippen molar-refractivity contribution in [3.05, 3.63) is 87.4 Å². The molecule has 0 spiro atoms. The van der Waals surface area contributed by atoms with Gasteiger partial charge in [-0.25, -0.2) is 4.98 Å². The maximum absolute atomic E-state index is 12.4. The molecule has 0 fully saturated rings. The molecule has 1 aromatic carbocycles. The van der Waals surface area contributed by atoms with Gasteiger partial charge in [0.05, 0.1) is 11.7 Å². The van der Waals surface area contributed by atoms with E-state index in [4.69, 9.17) is 18.0 Å². The van der Waals surface area contributed by atoms with Crippen LogP contribution in [0.2, 0.25) is 5.02 Å². The summed E-state index contributed by atoms with van der Waals surface area (Å²) >= 11 is 5.81. The van der Waals surface area contributed by atoms with E-state index in [1.54, 1.807) is 36.4 Å². The zero-order valence-electron chi connectivity index (χ0n) is 13.0. The first-order valence-electron chi connectivity index (χ1n) is 7.05. The van der Waals surface area contributed by atoms with Crippen molar-refractivity contribution in [2.24, 2.45) is 0 Å². The van der Waals surface area contributed by atoms with Crippen molar-refractivity contribution < 1.29 is 37.5 Å². The van der Waals surface area contributed by atoms with Crippen LogP contribution in [0.1, 0.15) is 21.6 Å². The van der Waals surface area contributed by atoms with Crippen LogP contribution in [0.3, 0.4) is 0 Å². The molecule has 7 heteroatoms. The maximum Gasteiger partial charge on any atom is 3.00 e. The molecule has 118 valence electrons. The predicted octanol–water partition coefficient (Wildman–Crippen LogP) is 2.21. The number of fused-ring (bicyclic) bond motifs is 1. The van der Waals surface area contributed by atoms with Gasteiger partial charge in [0, 0.05) is 11.6 Å². The van der Waals surface area contributed by atoms with Gasteiger partial charge in [-0.1, -0.05) is 36.0 Å². The topological polar surface area (TPSA) is 63.5 Å². The monoisotopic (exact) mass is 425 g/mol. The Morgan fingerprint density at radius 2 is 1.96 bits per heavy atom. The fourth-order valence-corrected chi connectivity index (χ4v) is 2.32. The molecule has 3 aromatic rings. The molecule has 5 nitrogen and oxygen atoms in total. The minimum absolute atomic E-state index is 0. The fourth-order valence-electron chi connectivity index (χ4n) is 2.19. The van der Waals surface area contributed by atoms with Gasteiger partial charge in [0.1, 0.15) is 0 Å². The summed E-state index contributed by atoms with van der Waals surface area (Å²) in [6, 6.07) is 10.3. The molecule has 0 radical (unpaired) electrons.